The lowest BCUT2D eigenvalue weighted by Gasteiger charge is -2.11. The van der Waals surface area contributed by atoms with Crippen LogP contribution in [0, 0.1) is 10.1 Å². The molecule has 0 atom stereocenters. The molecule has 3 aromatic rings. The molecule has 0 aromatic heterocycles. The zero-order valence-electron chi connectivity index (χ0n) is 15.5. The fourth-order valence-corrected chi connectivity index (χ4v) is 3.90. The Morgan fingerprint density at radius 3 is 2.13 bits per heavy atom. The molecule has 0 unspecified atom stereocenters. The average Bonchev–Trinajstić information content (AvgIpc) is 2.71. The molecule has 31 heavy (non-hydrogen) atoms. The molecule has 3 rings (SSSR count). The van der Waals surface area contributed by atoms with Crippen LogP contribution < -0.4 is 15.4 Å². The van der Waals surface area contributed by atoms with Gasteiger partial charge in [-0.15, -0.1) is 0 Å². The number of carbonyl (C=O) groups is 1. The molecule has 0 saturated heterocycles. The SMILES string of the molecule is O=C(Nc1cccc([N+](=O)[O-])c1)Nc1cccc(S(=O)(=O)Nc2ccc(Cl)c(Cl)c2)c1. The fraction of sp³-hybridized carbons (Fsp3) is 0. The third-order valence-electron chi connectivity index (χ3n) is 3.89. The number of carbonyl (C=O) groups excluding carboxylic acids is 1. The average molecular weight is 481 g/mol. The normalized spacial score (nSPS) is 10.9. The van der Waals surface area contributed by atoms with Crippen LogP contribution in [0.25, 0.3) is 0 Å². The van der Waals surface area contributed by atoms with Crippen molar-refractivity contribution in [3.8, 4) is 0 Å². The molecule has 0 saturated carbocycles. The van der Waals surface area contributed by atoms with E-state index in [9.17, 15) is 23.3 Å². The molecule has 160 valence electrons. The van der Waals surface area contributed by atoms with E-state index in [0.29, 0.717) is 0 Å². The van der Waals surface area contributed by atoms with Crippen LogP contribution in [0.3, 0.4) is 0 Å². The van der Waals surface area contributed by atoms with Gasteiger partial charge >= 0.3 is 6.03 Å². The number of non-ortho nitro benzene ring substituents is 1. The van der Waals surface area contributed by atoms with E-state index >= 15 is 0 Å². The summed E-state index contributed by atoms with van der Waals surface area (Å²) < 4.78 is 27.7. The number of nitro groups is 1. The molecule has 9 nitrogen and oxygen atoms in total. The molecule has 0 bridgehead atoms. The summed E-state index contributed by atoms with van der Waals surface area (Å²) in [6.45, 7) is 0. The molecule has 2 amide bonds. The summed E-state index contributed by atoms with van der Waals surface area (Å²) in [6, 6.07) is 14.5. The molecular weight excluding hydrogens is 467 g/mol. The van der Waals surface area contributed by atoms with Gasteiger partial charge in [-0.2, -0.15) is 0 Å². The summed E-state index contributed by atoms with van der Waals surface area (Å²) in [5.74, 6) is 0. The summed E-state index contributed by atoms with van der Waals surface area (Å²) in [7, 11) is -3.97. The van der Waals surface area contributed by atoms with Crippen molar-refractivity contribution < 1.29 is 18.1 Å². The van der Waals surface area contributed by atoms with Gasteiger partial charge in [0.15, 0.2) is 0 Å². The minimum atomic E-state index is -3.97. The zero-order chi connectivity index (χ0) is 22.6. The van der Waals surface area contributed by atoms with Crippen LogP contribution in [0.5, 0.6) is 0 Å². The molecule has 0 spiro atoms. The van der Waals surface area contributed by atoms with Gasteiger partial charge in [-0.25, -0.2) is 13.2 Å². The predicted octanol–water partition coefficient (Wildman–Crippen LogP) is 5.35. The Bertz CT molecular complexity index is 1270. The van der Waals surface area contributed by atoms with Crippen LogP contribution in [-0.4, -0.2) is 19.4 Å². The molecule has 0 aliphatic carbocycles. The molecule has 12 heteroatoms. The van der Waals surface area contributed by atoms with E-state index in [4.69, 9.17) is 23.2 Å². The van der Waals surface area contributed by atoms with Crippen molar-refractivity contribution in [3.05, 3.63) is 86.9 Å². The lowest BCUT2D eigenvalue weighted by molar-refractivity contribution is -0.384. The molecule has 3 aromatic carbocycles. The largest absolute Gasteiger partial charge is 0.323 e. The number of nitrogens with zero attached hydrogens (tertiary/aromatic N) is 1. The number of amides is 2. The van der Waals surface area contributed by atoms with Gasteiger partial charge in [0.2, 0.25) is 0 Å². The Balaban J connectivity index is 1.73. The minimum absolute atomic E-state index is 0.105. The number of benzene rings is 3. The van der Waals surface area contributed by atoms with Gasteiger partial charge < -0.3 is 10.6 Å². The van der Waals surface area contributed by atoms with Crippen molar-refractivity contribution >= 4 is 62.0 Å². The lowest BCUT2D eigenvalue weighted by atomic mass is 10.3. The second-order valence-electron chi connectivity index (χ2n) is 6.15. The van der Waals surface area contributed by atoms with Crippen LogP contribution in [0.1, 0.15) is 0 Å². The number of sulfonamides is 1. The van der Waals surface area contributed by atoms with Gasteiger partial charge in [0.25, 0.3) is 15.7 Å². The van der Waals surface area contributed by atoms with Gasteiger partial charge in [0.1, 0.15) is 0 Å². The van der Waals surface area contributed by atoms with E-state index in [-0.39, 0.29) is 37.7 Å². The topological polar surface area (TPSA) is 130 Å². The monoisotopic (exact) mass is 480 g/mol. The number of halogens is 2. The Hall–Kier alpha value is -3.34. The Kier molecular flexibility index (Phi) is 6.64. The lowest BCUT2D eigenvalue weighted by Crippen LogP contribution is -2.20. The fourth-order valence-electron chi connectivity index (χ4n) is 2.51. The first-order chi connectivity index (χ1) is 14.6. The third kappa shape index (κ3) is 5.85. The number of urea groups is 1. The van der Waals surface area contributed by atoms with E-state index in [2.05, 4.69) is 15.4 Å². The highest BCUT2D eigenvalue weighted by Gasteiger charge is 2.16. The maximum atomic E-state index is 12.6. The Morgan fingerprint density at radius 2 is 1.48 bits per heavy atom. The molecule has 3 N–H and O–H groups in total. The summed E-state index contributed by atoms with van der Waals surface area (Å²) in [5, 5.41) is 16.2. The molecule has 0 aliphatic heterocycles. The standard InChI is InChI=1S/C19H14Cl2N4O5S/c20-17-8-7-14(11-18(17)21)24-31(29,30)16-6-2-4-13(10-16)23-19(26)22-12-3-1-5-15(9-12)25(27)28/h1-11,24H,(H2,22,23,26). The molecule has 0 aliphatic rings. The van der Waals surface area contributed by atoms with Crippen molar-refractivity contribution in [2.75, 3.05) is 15.4 Å². The van der Waals surface area contributed by atoms with Gasteiger partial charge in [0.05, 0.1) is 25.6 Å². The van der Waals surface area contributed by atoms with Crippen molar-refractivity contribution in [2.45, 2.75) is 4.90 Å². The van der Waals surface area contributed by atoms with Crippen molar-refractivity contribution in [1.29, 1.82) is 0 Å². The van der Waals surface area contributed by atoms with E-state index in [1.54, 1.807) is 0 Å². The second-order valence-corrected chi connectivity index (χ2v) is 8.65. The highest BCUT2D eigenvalue weighted by Crippen LogP contribution is 2.27. The van der Waals surface area contributed by atoms with Crippen molar-refractivity contribution in [1.82, 2.24) is 0 Å². The summed E-state index contributed by atoms with van der Waals surface area (Å²) in [4.78, 5) is 22.3. The second kappa shape index (κ2) is 9.21. The van der Waals surface area contributed by atoms with Gasteiger partial charge in [0, 0.05) is 23.5 Å². The van der Waals surface area contributed by atoms with Crippen LogP contribution in [0.4, 0.5) is 27.5 Å². The number of anilines is 3. The van der Waals surface area contributed by atoms with E-state index < -0.39 is 21.0 Å². The first-order valence-corrected chi connectivity index (χ1v) is 10.8. The van der Waals surface area contributed by atoms with Gasteiger partial charge in [-0.3, -0.25) is 14.8 Å². The van der Waals surface area contributed by atoms with Crippen molar-refractivity contribution in [3.63, 3.8) is 0 Å². The molecular formula is C19H14Cl2N4O5S. The van der Waals surface area contributed by atoms with Crippen LogP contribution >= 0.6 is 23.2 Å². The van der Waals surface area contributed by atoms with Crippen LogP contribution in [0.15, 0.2) is 71.6 Å². The number of nitro benzene ring substituents is 1. The van der Waals surface area contributed by atoms with Crippen LogP contribution in [0.2, 0.25) is 10.0 Å². The Morgan fingerprint density at radius 1 is 0.839 bits per heavy atom. The van der Waals surface area contributed by atoms with Crippen LogP contribution in [-0.2, 0) is 10.0 Å². The summed E-state index contributed by atoms with van der Waals surface area (Å²) in [6.07, 6.45) is 0. The smallest absolute Gasteiger partial charge is 0.308 e. The minimum Gasteiger partial charge on any atom is -0.308 e. The maximum Gasteiger partial charge on any atom is 0.323 e. The van der Waals surface area contributed by atoms with Crippen molar-refractivity contribution in [2.24, 2.45) is 0 Å². The quantitative estimate of drug-likeness (QED) is 0.323. The van der Waals surface area contributed by atoms with E-state index in [1.807, 2.05) is 0 Å². The number of nitrogens with one attached hydrogen (secondary N) is 3. The summed E-state index contributed by atoms with van der Waals surface area (Å²) >= 11 is 11.7. The third-order valence-corrected chi connectivity index (χ3v) is 6.01. The highest BCUT2D eigenvalue weighted by atomic mass is 35.5. The number of rotatable bonds is 6. The van der Waals surface area contributed by atoms with E-state index in [0.717, 1.165) is 0 Å². The maximum absolute atomic E-state index is 12.6. The highest BCUT2D eigenvalue weighted by molar-refractivity contribution is 7.92. The van der Waals surface area contributed by atoms with E-state index in [1.165, 1.54) is 66.7 Å². The molecule has 0 radical (unpaired) electrons. The number of hydrogen-bond donors (Lipinski definition) is 3. The molecule has 0 fully saturated rings. The first kappa shape index (κ1) is 22.3. The summed E-state index contributed by atoms with van der Waals surface area (Å²) in [5.41, 5.74) is 0.437. The van der Waals surface area contributed by atoms with Gasteiger partial charge in [-0.1, -0.05) is 35.3 Å². The van der Waals surface area contributed by atoms with Gasteiger partial charge in [-0.05, 0) is 42.5 Å². The number of hydrogen-bond acceptors (Lipinski definition) is 5. The molecule has 0 heterocycles. The Labute approximate surface area is 187 Å². The first-order valence-electron chi connectivity index (χ1n) is 8.54. The zero-order valence-corrected chi connectivity index (χ0v) is 17.8. The predicted molar refractivity (Wildman–Crippen MR) is 119 cm³/mol.